The van der Waals surface area contributed by atoms with Gasteiger partial charge in [0, 0.05) is 26.0 Å². The molecular weight excluding hydrogens is 366 g/mol. The Balaban J connectivity index is 1.87. The highest BCUT2D eigenvalue weighted by Gasteiger charge is 2.15. The molecular formula is C21H20ClNS2. The normalized spacial score (nSPS) is 11.9. The van der Waals surface area contributed by atoms with Crippen LogP contribution in [0, 0.1) is 19.8 Å². The molecule has 1 nitrogen and oxygen atoms in total. The van der Waals surface area contributed by atoms with Gasteiger partial charge < -0.3 is 0 Å². The molecule has 0 aliphatic carbocycles. The summed E-state index contributed by atoms with van der Waals surface area (Å²) in [4.78, 5) is 7.04. The molecule has 0 fully saturated rings. The highest BCUT2D eigenvalue weighted by molar-refractivity contribution is 7.23. The van der Waals surface area contributed by atoms with E-state index in [2.05, 4.69) is 56.9 Å². The van der Waals surface area contributed by atoms with Gasteiger partial charge in [-0.05, 0) is 60.4 Å². The first-order valence-electron chi connectivity index (χ1n) is 8.51. The number of pyridine rings is 1. The predicted molar refractivity (Wildman–Crippen MR) is 113 cm³/mol. The Bertz CT molecular complexity index is 1090. The number of aromatic nitrogens is 1. The third-order valence-corrected chi connectivity index (χ3v) is 7.74. The van der Waals surface area contributed by atoms with Crippen molar-refractivity contribution in [2.24, 2.45) is 5.92 Å². The number of rotatable bonds is 3. The van der Waals surface area contributed by atoms with Crippen molar-refractivity contribution < 1.29 is 0 Å². The van der Waals surface area contributed by atoms with E-state index in [9.17, 15) is 0 Å². The van der Waals surface area contributed by atoms with Crippen molar-refractivity contribution in [3.8, 4) is 10.4 Å². The van der Waals surface area contributed by atoms with Crippen LogP contribution >= 0.6 is 34.3 Å². The van der Waals surface area contributed by atoms with Crippen molar-refractivity contribution >= 4 is 54.4 Å². The second-order valence-corrected chi connectivity index (χ2v) is 9.51. The molecule has 0 bridgehead atoms. The molecule has 0 saturated carbocycles. The zero-order valence-electron chi connectivity index (χ0n) is 14.8. The standard InChI is InChI=1S/C21H20ClNS2/c1-11(2)9-17-12(3)15-6-5-14(10-18(15)24-17)19-13(4)16-7-8-23-21(22)20(16)25-19/h5-8,10-11H,9H2,1-4H3. The van der Waals surface area contributed by atoms with E-state index >= 15 is 0 Å². The van der Waals surface area contributed by atoms with Crippen LogP contribution in [0.2, 0.25) is 5.15 Å². The third-order valence-electron chi connectivity index (χ3n) is 4.70. The van der Waals surface area contributed by atoms with E-state index in [-0.39, 0.29) is 0 Å². The van der Waals surface area contributed by atoms with Gasteiger partial charge >= 0.3 is 0 Å². The van der Waals surface area contributed by atoms with Gasteiger partial charge in [-0.2, -0.15) is 0 Å². The summed E-state index contributed by atoms with van der Waals surface area (Å²) in [6, 6.07) is 8.94. The van der Waals surface area contributed by atoms with Crippen LogP contribution in [0.4, 0.5) is 0 Å². The van der Waals surface area contributed by atoms with Gasteiger partial charge in [-0.1, -0.05) is 37.6 Å². The molecule has 0 atom stereocenters. The summed E-state index contributed by atoms with van der Waals surface area (Å²) in [6.45, 7) is 9.01. The number of fused-ring (bicyclic) bond motifs is 2. The van der Waals surface area contributed by atoms with Crippen molar-refractivity contribution in [3.05, 3.63) is 51.6 Å². The number of hydrogen-bond acceptors (Lipinski definition) is 3. The molecule has 0 unspecified atom stereocenters. The molecule has 0 saturated heterocycles. The maximum Gasteiger partial charge on any atom is 0.146 e. The van der Waals surface area contributed by atoms with E-state index in [1.54, 1.807) is 17.5 Å². The number of nitrogens with zero attached hydrogens (tertiary/aromatic N) is 1. The van der Waals surface area contributed by atoms with Gasteiger partial charge in [0.05, 0.1) is 4.70 Å². The maximum absolute atomic E-state index is 6.30. The van der Waals surface area contributed by atoms with Crippen molar-refractivity contribution in [1.29, 1.82) is 0 Å². The molecule has 0 aliphatic heterocycles. The van der Waals surface area contributed by atoms with Gasteiger partial charge in [0.2, 0.25) is 0 Å². The molecule has 4 aromatic rings. The highest BCUT2D eigenvalue weighted by Crippen LogP contribution is 2.42. The number of aryl methyl sites for hydroxylation is 2. The first-order valence-corrected chi connectivity index (χ1v) is 10.5. The molecule has 1 aromatic carbocycles. The Morgan fingerprint density at radius 1 is 1.04 bits per heavy atom. The number of hydrogen-bond donors (Lipinski definition) is 0. The molecule has 0 radical (unpaired) electrons. The van der Waals surface area contributed by atoms with Gasteiger partial charge in [-0.15, -0.1) is 22.7 Å². The minimum absolute atomic E-state index is 0.601. The number of benzene rings is 1. The molecule has 3 aromatic heterocycles. The van der Waals surface area contributed by atoms with Crippen LogP contribution < -0.4 is 0 Å². The Labute approximate surface area is 161 Å². The minimum Gasteiger partial charge on any atom is -0.243 e. The van der Waals surface area contributed by atoms with Crippen molar-refractivity contribution in [1.82, 2.24) is 4.98 Å². The Hall–Kier alpha value is -1.42. The van der Waals surface area contributed by atoms with Crippen molar-refractivity contribution in [2.45, 2.75) is 34.1 Å². The van der Waals surface area contributed by atoms with Crippen LogP contribution in [0.3, 0.4) is 0 Å². The van der Waals surface area contributed by atoms with Crippen LogP contribution in [0.1, 0.15) is 29.9 Å². The molecule has 0 spiro atoms. The molecule has 3 heterocycles. The lowest BCUT2D eigenvalue weighted by molar-refractivity contribution is 0.652. The average Bonchev–Trinajstić information content (AvgIpc) is 3.06. The van der Waals surface area contributed by atoms with Gasteiger partial charge in [0.1, 0.15) is 5.15 Å². The molecule has 128 valence electrons. The van der Waals surface area contributed by atoms with Gasteiger partial charge in [0.15, 0.2) is 0 Å². The lowest BCUT2D eigenvalue weighted by Crippen LogP contribution is -1.92. The highest BCUT2D eigenvalue weighted by atomic mass is 35.5. The smallest absolute Gasteiger partial charge is 0.146 e. The zero-order chi connectivity index (χ0) is 17.7. The van der Waals surface area contributed by atoms with Crippen LogP contribution in [0.5, 0.6) is 0 Å². The van der Waals surface area contributed by atoms with E-state index in [1.165, 1.54) is 41.9 Å². The van der Waals surface area contributed by atoms with E-state index in [0.29, 0.717) is 11.1 Å². The summed E-state index contributed by atoms with van der Waals surface area (Å²) < 4.78 is 2.46. The first-order chi connectivity index (χ1) is 12.0. The molecule has 4 rings (SSSR count). The molecule has 0 aliphatic rings. The van der Waals surface area contributed by atoms with Crippen LogP contribution in [0.25, 0.3) is 30.6 Å². The number of halogens is 1. The lowest BCUT2D eigenvalue weighted by atomic mass is 10.0. The summed E-state index contributed by atoms with van der Waals surface area (Å²) in [7, 11) is 0. The quantitative estimate of drug-likeness (QED) is 0.330. The second-order valence-electron chi connectivity index (χ2n) is 6.99. The van der Waals surface area contributed by atoms with E-state index < -0.39 is 0 Å². The maximum atomic E-state index is 6.30. The van der Waals surface area contributed by atoms with E-state index in [4.69, 9.17) is 11.6 Å². The third kappa shape index (κ3) is 2.88. The SMILES string of the molecule is Cc1c(CC(C)C)sc2cc(-c3sc4c(Cl)nccc4c3C)ccc12. The summed E-state index contributed by atoms with van der Waals surface area (Å²) >= 11 is 9.99. The van der Waals surface area contributed by atoms with E-state index in [0.717, 1.165) is 11.1 Å². The van der Waals surface area contributed by atoms with Crippen LogP contribution in [-0.2, 0) is 6.42 Å². The predicted octanol–water partition coefficient (Wildman–Crippen LogP) is 7.65. The van der Waals surface area contributed by atoms with Crippen LogP contribution in [0.15, 0.2) is 30.5 Å². The summed E-state index contributed by atoms with van der Waals surface area (Å²) in [5.74, 6) is 0.686. The van der Waals surface area contributed by atoms with Gasteiger partial charge in [-0.25, -0.2) is 4.98 Å². The largest absolute Gasteiger partial charge is 0.243 e. The fourth-order valence-electron chi connectivity index (χ4n) is 3.37. The summed E-state index contributed by atoms with van der Waals surface area (Å²) in [5, 5.41) is 3.20. The van der Waals surface area contributed by atoms with Gasteiger partial charge in [-0.3, -0.25) is 0 Å². The Morgan fingerprint density at radius 3 is 2.56 bits per heavy atom. The Morgan fingerprint density at radius 2 is 1.84 bits per heavy atom. The van der Waals surface area contributed by atoms with Crippen LogP contribution in [-0.4, -0.2) is 4.98 Å². The lowest BCUT2D eigenvalue weighted by Gasteiger charge is -2.02. The Kier molecular flexibility index (Phi) is 4.35. The first kappa shape index (κ1) is 17.0. The topological polar surface area (TPSA) is 12.9 Å². The van der Waals surface area contributed by atoms with E-state index in [1.807, 2.05) is 11.3 Å². The molecule has 4 heteroatoms. The van der Waals surface area contributed by atoms with Gasteiger partial charge in [0.25, 0.3) is 0 Å². The fourth-order valence-corrected chi connectivity index (χ4v) is 6.29. The van der Waals surface area contributed by atoms with Crippen molar-refractivity contribution in [3.63, 3.8) is 0 Å². The molecule has 0 N–H and O–H groups in total. The second kappa shape index (κ2) is 6.39. The van der Waals surface area contributed by atoms with Crippen molar-refractivity contribution in [2.75, 3.05) is 0 Å². The monoisotopic (exact) mass is 385 g/mol. The number of thiophene rings is 2. The fraction of sp³-hybridized carbons (Fsp3) is 0.286. The average molecular weight is 386 g/mol. The zero-order valence-corrected chi connectivity index (χ0v) is 17.2. The summed E-state index contributed by atoms with van der Waals surface area (Å²) in [6.07, 6.45) is 2.95. The summed E-state index contributed by atoms with van der Waals surface area (Å²) in [5.41, 5.74) is 4.01. The molecule has 0 amide bonds. The molecule has 25 heavy (non-hydrogen) atoms. The minimum atomic E-state index is 0.601.